The summed E-state index contributed by atoms with van der Waals surface area (Å²) in [6, 6.07) is 5.67. The van der Waals surface area contributed by atoms with E-state index in [1.165, 1.54) is 0 Å². The third kappa shape index (κ3) is 3.57. The number of carbonyl (C=O) groups excluding carboxylic acids is 1. The molecule has 0 aliphatic rings. The standard InChI is InChI=1S/C12H16N2O3/c1-7(2)8-3-5-9(6-4-8)14-11(15)10(13)12(16)17/h3-7,10H,13H2,1-2H3,(H,14,15)(H,16,17). The molecule has 1 atom stereocenters. The summed E-state index contributed by atoms with van der Waals surface area (Å²) in [5.74, 6) is -1.67. The van der Waals surface area contributed by atoms with Crippen molar-refractivity contribution in [3.63, 3.8) is 0 Å². The summed E-state index contributed by atoms with van der Waals surface area (Å²) in [6.07, 6.45) is 0. The summed E-state index contributed by atoms with van der Waals surface area (Å²) in [7, 11) is 0. The van der Waals surface area contributed by atoms with Crippen molar-refractivity contribution in [1.82, 2.24) is 0 Å². The monoisotopic (exact) mass is 236 g/mol. The second-order valence-electron chi connectivity index (χ2n) is 4.08. The molecule has 5 nitrogen and oxygen atoms in total. The normalized spacial score (nSPS) is 12.2. The fraction of sp³-hybridized carbons (Fsp3) is 0.333. The average molecular weight is 236 g/mol. The van der Waals surface area contributed by atoms with Crippen LogP contribution < -0.4 is 11.1 Å². The fourth-order valence-electron chi connectivity index (χ4n) is 1.28. The van der Waals surface area contributed by atoms with Crippen LogP contribution in [0.15, 0.2) is 24.3 Å². The first-order chi connectivity index (χ1) is 7.91. The molecule has 1 unspecified atom stereocenters. The highest BCUT2D eigenvalue weighted by Gasteiger charge is 2.20. The molecule has 1 aromatic carbocycles. The number of nitrogens with two attached hydrogens (primary N) is 1. The number of carboxylic acids is 1. The van der Waals surface area contributed by atoms with E-state index >= 15 is 0 Å². The predicted molar refractivity (Wildman–Crippen MR) is 64.8 cm³/mol. The van der Waals surface area contributed by atoms with Crippen molar-refractivity contribution >= 4 is 17.6 Å². The van der Waals surface area contributed by atoms with Crippen LogP contribution in [0.5, 0.6) is 0 Å². The molecule has 0 bridgehead atoms. The average Bonchev–Trinajstić information content (AvgIpc) is 2.28. The molecule has 4 N–H and O–H groups in total. The smallest absolute Gasteiger partial charge is 0.330 e. The highest BCUT2D eigenvalue weighted by atomic mass is 16.4. The highest BCUT2D eigenvalue weighted by Crippen LogP contribution is 2.17. The van der Waals surface area contributed by atoms with E-state index in [2.05, 4.69) is 19.2 Å². The van der Waals surface area contributed by atoms with Gasteiger partial charge in [-0.3, -0.25) is 4.79 Å². The summed E-state index contributed by atoms with van der Waals surface area (Å²) in [5, 5.41) is 11.0. The van der Waals surface area contributed by atoms with Crippen LogP contribution in [0, 0.1) is 0 Å². The lowest BCUT2D eigenvalue weighted by Crippen LogP contribution is -2.42. The van der Waals surface area contributed by atoms with Gasteiger partial charge in [0, 0.05) is 5.69 Å². The molecule has 0 fully saturated rings. The Hall–Kier alpha value is -1.88. The number of amides is 1. The first-order valence-electron chi connectivity index (χ1n) is 5.31. The van der Waals surface area contributed by atoms with Gasteiger partial charge in [0.2, 0.25) is 0 Å². The molecule has 1 rings (SSSR count). The zero-order valence-corrected chi connectivity index (χ0v) is 9.81. The SMILES string of the molecule is CC(C)c1ccc(NC(=O)C(N)C(=O)O)cc1. The van der Waals surface area contributed by atoms with Gasteiger partial charge in [-0.15, -0.1) is 0 Å². The number of carboxylic acid groups (broad SMARTS) is 1. The van der Waals surface area contributed by atoms with Crippen LogP contribution in [0.25, 0.3) is 0 Å². The van der Waals surface area contributed by atoms with E-state index in [-0.39, 0.29) is 0 Å². The van der Waals surface area contributed by atoms with E-state index in [1.54, 1.807) is 12.1 Å². The Morgan fingerprint density at radius 1 is 1.24 bits per heavy atom. The Bertz CT molecular complexity index is 412. The molecule has 0 spiro atoms. The van der Waals surface area contributed by atoms with Crippen LogP contribution in [0.3, 0.4) is 0 Å². The Kier molecular flexibility index (Phi) is 4.23. The molecule has 0 saturated heterocycles. The Balaban J connectivity index is 2.70. The van der Waals surface area contributed by atoms with Crippen molar-refractivity contribution in [3.8, 4) is 0 Å². The fourth-order valence-corrected chi connectivity index (χ4v) is 1.28. The summed E-state index contributed by atoms with van der Waals surface area (Å²) < 4.78 is 0. The largest absolute Gasteiger partial charge is 0.480 e. The first kappa shape index (κ1) is 13.2. The number of aliphatic carboxylic acids is 1. The topological polar surface area (TPSA) is 92.4 Å². The molecule has 5 heteroatoms. The third-order valence-electron chi connectivity index (χ3n) is 2.39. The maximum Gasteiger partial charge on any atom is 0.330 e. The highest BCUT2D eigenvalue weighted by molar-refractivity contribution is 6.07. The van der Waals surface area contributed by atoms with Crippen LogP contribution in [0.4, 0.5) is 5.69 Å². The van der Waals surface area contributed by atoms with Crippen molar-refractivity contribution < 1.29 is 14.7 Å². The van der Waals surface area contributed by atoms with Crippen molar-refractivity contribution in [3.05, 3.63) is 29.8 Å². The second-order valence-corrected chi connectivity index (χ2v) is 4.08. The molecular formula is C12H16N2O3. The van der Waals surface area contributed by atoms with Crippen LogP contribution >= 0.6 is 0 Å². The maximum atomic E-state index is 11.4. The number of anilines is 1. The predicted octanol–water partition coefficient (Wildman–Crippen LogP) is 1.16. The lowest BCUT2D eigenvalue weighted by molar-refractivity contribution is -0.141. The quantitative estimate of drug-likeness (QED) is 0.684. The molecular weight excluding hydrogens is 220 g/mol. The molecule has 0 aromatic heterocycles. The van der Waals surface area contributed by atoms with Gasteiger partial charge in [0.15, 0.2) is 6.04 Å². The summed E-state index contributed by atoms with van der Waals surface area (Å²) in [5.41, 5.74) is 6.86. The number of benzene rings is 1. The van der Waals surface area contributed by atoms with Crippen molar-refractivity contribution in [2.45, 2.75) is 25.8 Å². The molecule has 0 aliphatic carbocycles. The second kappa shape index (κ2) is 5.45. The van der Waals surface area contributed by atoms with E-state index in [9.17, 15) is 9.59 Å². The van der Waals surface area contributed by atoms with Gasteiger partial charge in [0.1, 0.15) is 0 Å². The number of nitrogens with one attached hydrogen (secondary N) is 1. The minimum atomic E-state index is -1.54. The first-order valence-corrected chi connectivity index (χ1v) is 5.31. The molecule has 0 radical (unpaired) electrons. The minimum Gasteiger partial charge on any atom is -0.480 e. The van der Waals surface area contributed by atoms with Crippen molar-refractivity contribution in [2.24, 2.45) is 5.73 Å². The number of carbonyl (C=O) groups is 2. The molecule has 1 amide bonds. The van der Waals surface area contributed by atoms with Gasteiger partial charge in [-0.25, -0.2) is 4.79 Å². The lowest BCUT2D eigenvalue weighted by Gasteiger charge is -2.10. The number of hydrogen-bond acceptors (Lipinski definition) is 3. The molecule has 0 heterocycles. The van der Waals surface area contributed by atoms with Gasteiger partial charge >= 0.3 is 5.97 Å². The van der Waals surface area contributed by atoms with E-state index in [4.69, 9.17) is 10.8 Å². The zero-order valence-electron chi connectivity index (χ0n) is 9.81. The summed E-state index contributed by atoms with van der Waals surface area (Å²) in [6.45, 7) is 4.13. The summed E-state index contributed by atoms with van der Waals surface area (Å²) in [4.78, 5) is 21.8. The van der Waals surface area contributed by atoms with Gasteiger partial charge in [-0.2, -0.15) is 0 Å². The van der Waals surface area contributed by atoms with Gasteiger partial charge in [-0.05, 0) is 23.6 Å². The van der Waals surface area contributed by atoms with Crippen molar-refractivity contribution in [2.75, 3.05) is 5.32 Å². The van der Waals surface area contributed by atoms with Gasteiger partial charge in [0.25, 0.3) is 5.91 Å². The minimum absolute atomic E-state index is 0.404. The zero-order chi connectivity index (χ0) is 13.0. The van der Waals surface area contributed by atoms with Crippen LogP contribution in [-0.4, -0.2) is 23.0 Å². The van der Waals surface area contributed by atoms with Gasteiger partial charge < -0.3 is 16.2 Å². The van der Waals surface area contributed by atoms with Crippen LogP contribution in [-0.2, 0) is 9.59 Å². The summed E-state index contributed by atoms with van der Waals surface area (Å²) >= 11 is 0. The van der Waals surface area contributed by atoms with Crippen LogP contribution in [0.2, 0.25) is 0 Å². The Labute approximate surface area is 99.6 Å². The van der Waals surface area contributed by atoms with Gasteiger partial charge in [-0.1, -0.05) is 26.0 Å². The van der Waals surface area contributed by atoms with E-state index in [0.29, 0.717) is 11.6 Å². The Morgan fingerprint density at radius 2 is 1.76 bits per heavy atom. The molecule has 0 aliphatic heterocycles. The maximum absolute atomic E-state index is 11.4. The molecule has 17 heavy (non-hydrogen) atoms. The number of rotatable bonds is 4. The molecule has 92 valence electrons. The third-order valence-corrected chi connectivity index (χ3v) is 2.39. The van der Waals surface area contributed by atoms with Crippen LogP contribution in [0.1, 0.15) is 25.3 Å². The lowest BCUT2D eigenvalue weighted by atomic mass is 10.0. The van der Waals surface area contributed by atoms with E-state index < -0.39 is 17.9 Å². The van der Waals surface area contributed by atoms with Crippen molar-refractivity contribution in [1.29, 1.82) is 0 Å². The van der Waals surface area contributed by atoms with Gasteiger partial charge in [0.05, 0.1) is 0 Å². The molecule has 1 aromatic rings. The van der Waals surface area contributed by atoms with E-state index in [1.807, 2.05) is 12.1 Å². The Morgan fingerprint density at radius 3 is 2.18 bits per heavy atom. The molecule has 0 saturated carbocycles. The van der Waals surface area contributed by atoms with E-state index in [0.717, 1.165) is 5.56 Å². The number of hydrogen-bond donors (Lipinski definition) is 3.